The lowest BCUT2D eigenvalue weighted by molar-refractivity contribution is -0.123. The van der Waals surface area contributed by atoms with Gasteiger partial charge in [0.25, 0.3) is 11.1 Å². The van der Waals surface area contributed by atoms with Gasteiger partial charge in [0.15, 0.2) is 0 Å². The Bertz CT molecular complexity index is 867. The number of halogens is 2. The fourth-order valence-corrected chi connectivity index (χ4v) is 3.90. The molecule has 0 atom stereocenters. The number of amides is 2. The van der Waals surface area contributed by atoms with Crippen molar-refractivity contribution in [2.45, 2.75) is 6.54 Å². The van der Waals surface area contributed by atoms with Gasteiger partial charge in [-0.3, -0.25) is 14.5 Å². The number of phenolic OH excluding ortho intramolecular Hbond substituents is 1. The molecule has 1 aliphatic rings. The summed E-state index contributed by atoms with van der Waals surface area (Å²) in [6.07, 6.45) is 1.65. The van der Waals surface area contributed by atoms with Crippen LogP contribution in [-0.2, 0) is 11.3 Å². The molecule has 2 aromatic rings. The fourth-order valence-electron chi connectivity index (χ4n) is 2.22. The molecule has 3 rings (SSSR count). The Morgan fingerprint density at radius 1 is 1.12 bits per heavy atom. The van der Waals surface area contributed by atoms with E-state index in [4.69, 9.17) is 0 Å². The van der Waals surface area contributed by atoms with Crippen LogP contribution in [-0.4, -0.2) is 21.2 Å². The van der Waals surface area contributed by atoms with Gasteiger partial charge in [0.2, 0.25) is 0 Å². The highest BCUT2D eigenvalue weighted by atomic mass is 79.9. The van der Waals surface area contributed by atoms with Crippen LogP contribution in [0, 0.1) is 0 Å². The van der Waals surface area contributed by atoms with Crippen molar-refractivity contribution in [3.05, 3.63) is 67.4 Å². The molecule has 0 spiro atoms. The van der Waals surface area contributed by atoms with Gasteiger partial charge in [-0.1, -0.05) is 34.1 Å². The topological polar surface area (TPSA) is 57.6 Å². The van der Waals surface area contributed by atoms with Gasteiger partial charge >= 0.3 is 0 Å². The van der Waals surface area contributed by atoms with Crippen molar-refractivity contribution in [1.29, 1.82) is 0 Å². The Hall–Kier alpha value is -1.57. The number of hydrogen-bond donors (Lipinski definition) is 1. The summed E-state index contributed by atoms with van der Waals surface area (Å²) in [5.41, 5.74) is 1.60. The molecule has 2 aromatic carbocycles. The average molecular weight is 469 g/mol. The van der Waals surface area contributed by atoms with Crippen molar-refractivity contribution >= 4 is 60.8 Å². The minimum atomic E-state index is -0.311. The Morgan fingerprint density at radius 2 is 1.92 bits per heavy atom. The molecule has 0 unspecified atom stereocenters. The fraction of sp³-hybridized carbons (Fsp3) is 0.0588. The number of rotatable bonds is 3. The first-order valence-corrected chi connectivity index (χ1v) is 9.32. The zero-order chi connectivity index (χ0) is 17.3. The van der Waals surface area contributed by atoms with E-state index in [1.807, 2.05) is 24.3 Å². The van der Waals surface area contributed by atoms with E-state index in [0.29, 0.717) is 9.38 Å². The van der Waals surface area contributed by atoms with Crippen LogP contribution >= 0.6 is 43.6 Å². The highest BCUT2D eigenvalue weighted by Gasteiger charge is 2.34. The molecule has 7 heteroatoms. The molecule has 0 aromatic heterocycles. The van der Waals surface area contributed by atoms with Gasteiger partial charge in [-0.05, 0) is 69.2 Å². The van der Waals surface area contributed by atoms with Gasteiger partial charge in [-0.25, -0.2) is 0 Å². The predicted octanol–water partition coefficient (Wildman–Crippen LogP) is 5.15. The van der Waals surface area contributed by atoms with Crippen LogP contribution in [0.5, 0.6) is 5.75 Å². The van der Waals surface area contributed by atoms with Crippen molar-refractivity contribution in [2.24, 2.45) is 0 Å². The lowest BCUT2D eigenvalue weighted by atomic mass is 10.2. The van der Waals surface area contributed by atoms with E-state index < -0.39 is 0 Å². The number of aromatic hydroxyl groups is 1. The number of thioether (sulfide) groups is 1. The maximum Gasteiger partial charge on any atom is 0.293 e. The van der Waals surface area contributed by atoms with Gasteiger partial charge in [0.1, 0.15) is 5.75 Å². The molecule has 24 heavy (non-hydrogen) atoms. The standard InChI is InChI=1S/C17H11Br2NO3S/c18-12-3-1-2-11(6-12)9-20-16(22)15(24-17(20)23)8-10-4-5-14(21)13(19)7-10/h1-8,21H,9H2/b15-8+. The number of benzene rings is 2. The van der Waals surface area contributed by atoms with Crippen molar-refractivity contribution in [3.63, 3.8) is 0 Å². The van der Waals surface area contributed by atoms with Crippen LogP contribution in [0.15, 0.2) is 56.3 Å². The van der Waals surface area contributed by atoms with E-state index in [0.717, 1.165) is 27.4 Å². The average Bonchev–Trinajstić information content (AvgIpc) is 2.79. The first-order valence-electron chi connectivity index (χ1n) is 6.92. The van der Waals surface area contributed by atoms with Crippen LogP contribution in [0.4, 0.5) is 4.79 Å². The SMILES string of the molecule is O=C1S/C(=C/c2ccc(O)c(Br)c2)C(=O)N1Cc1cccc(Br)c1. The molecule has 1 heterocycles. The second kappa shape index (κ2) is 7.13. The van der Waals surface area contributed by atoms with Gasteiger partial charge in [0, 0.05) is 4.47 Å². The van der Waals surface area contributed by atoms with Gasteiger partial charge in [-0.15, -0.1) is 0 Å². The van der Waals surface area contributed by atoms with E-state index in [9.17, 15) is 14.7 Å². The summed E-state index contributed by atoms with van der Waals surface area (Å²) in [6, 6.07) is 12.4. The number of carbonyl (C=O) groups excluding carboxylic acids is 2. The van der Waals surface area contributed by atoms with Crippen molar-refractivity contribution in [3.8, 4) is 5.75 Å². The second-order valence-electron chi connectivity index (χ2n) is 5.11. The second-order valence-corrected chi connectivity index (χ2v) is 7.87. The first kappa shape index (κ1) is 17.3. The Morgan fingerprint density at radius 3 is 2.62 bits per heavy atom. The molecule has 1 saturated heterocycles. The number of imide groups is 1. The third-order valence-electron chi connectivity index (χ3n) is 3.37. The normalized spacial score (nSPS) is 16.2. The smallest absolute Gasteiger partial charge is 0.293 e. The summed E-state index contributed by atoms with van der Waals surface area (Å²) in [5.74, 6) is -0.191. The van der Waals surface area contributed by atoms with Gasteiger partial charge in [0.05, 0.1) is 15.9 Å². The van der Waals surface area contributed by atoms with Crippen LogP contribution in [0.1, 0.15) is 11.1 Å². The maximum absolute atomic E-state index is 12.5. The van der Waals surface area contributed by atoms with Gasteiger partial charge < -0.3 is 5.11 Å². The molecule has 1 aliphatic heterocycles. The van der Waals surface area contributed by atoms with Crippen LogP contribution < -0.4 is 0 Å². The molecule has 0 radical (unpaired) electrons. The van der Waals surface area contributed by atoms with E-state index in [-0.39, 0.29) is 23.4 Å². The summed E-state index contributed by atoms with van der Waals surface area (Å²) in [5, 5.41) is 9.23. The molecule has 1 N–H and O–H groups in total. The molecule has 122 valence electrons. The zero-order valence-electron chi connectivity index (χ0n) is 12.2. The number of phenols is 1. The summed E-state index contributed by atoms with van der Waals surface area (Å²) in [6.45, 7) is 0.237. The van der Waals surface area contributed by atoms with E-state index in [1.54, 1.807) is 18.2 Å². The number of carbonyl (C=O) groups is 2. The lowest BCUT2D eigenvalue weighted by Gasteiger charge is -2.12. The van der Waals surface area contributed by atoms with E-state index >= 15 is 0 Å². The molecule has 4 nitrogen and oxygen atoms in total. The minimum absolute atomic E-state index is 0.120. The first-order chi connectivity index (χ1) is 11.4. The van der Waals surface area contributed by atoms with Crippen LogP contribution in [0.3, 0.4) is 0 Å². The van der Waals surface area contributed by atoms with Crippen molar-refractivity contribution < 1.29 is 14.7 Å². The third kappa shape index (κ3) is 3.74. The Labute approximate surface area is 159 Å². The van der Waals surface area contributed by atoms with E-state index in [2.05, 4.69) is 31.9 Å². The van der Waals surface area contributed by atoms with E-state index in [1.165, 1.54) is 11.0 Å². The summed E-state index contributed by atoms with van der Waals surface area (Å²) >= 11 is 7.53. The molecule has 2 amide bonds. The zero-order valence-corrected chi connectivity index (χ0v) is 16.2. The monoisotopic (exact) mass is 467 g/mol. The van der Waals surface area contributed by atoms with Crippen LogP contribution in [0.25, 0.3) is 6.08 Å². The van der Waals surface area contributed by atoms with Gasteiger partial charge in [-0.2, -0.15) is 0 Å². The molecule has 1 fully saturated rings. The van der Waals surface area contributed by atoms with Crippen molar-refractivity contribution in [2.75, 3.05) is 0 Å². The lowest BCUT2D eigenvalue weighted by Crippen LogP contribution is -2.27. The maximum atomic E-state index is 12.5. The molecular weight excluding hydrogens is 458 g/mol. The molecule has 0 aliphatic carbocycles. The molecule has 0 saturated carbocycles. The molecular formula is C17H11Br2NO3S. The largest absolute Gasteiger partial charge is 0.507 e. The van der Waals surface area contributed by atoms with Crippen molar-refractivity contribution in [1.82, 2.24) is 4.90 Å². The quantitative estimate of drug-likeness (QED) is 0.632. The highest BCUT2D eigenvalue weighted by Crippen LogP contribution is 2.34. The summed E-state index contributed by atoms with van der Waals surface area (Å²) in [4.78, 5) is 26.3. The predicted molar refractivity (Wildman–Crippen MR) is 101 cm³/mol. The van der Waals surface area contributed by atoms with Crippen LogP contribution in [0.2, 0.25) is 0 Å². The number of hydrogen-bond acceptors (Lipinski definition) is 4. The summed E-state index contributed by atoms with van der Waals surface area (Å²) in [7, 11) is 0. The highest BCUT2D eigenvalue weighted by molar-refractivity contribution is 9.10. The number of nitrogens with zero attached hydrogens (tertiary/aromatic N) is 1. The summed E-state index contributed by atoms with van der Waals surface area (Å²) < 4.78 is 1.43. The minimum Gasteiger partial charge on any atom is -0.507 e. The third-order valence-corrected chi connectivity index (χ3v) is 5.41. The Balaban J connectivity index is 1.83. The molecule has 0 bridgehead atoms. The Kier molecular flexibility index (Phi) is 5.12.